The second kappa shape index (κ2) is 7.20. The van der Waals surface area contributed by atoms with Crippen molar-refractivity contribution >= 4 is 11.6 Å². The molecular weight excluding hydrogens is 268 g/mol. The molecule has 1 aromatic rings. The number of hydrogen-bond acceptors (Lipinski definition) is 4. The molecule has 5 nitrogen and oxygen atoms in total. The van der Waals surface area contributed by atoms with E-state index in [9.17, 15) is 14.8 Å². The Balaban J connectivity index is 1.90. The van der Waals surface area contributed by atoms with Gasteiger partial charge in [-0.15, -0.1) is 4.91 Å². The van der Waals surface area contributed by atoms with Crippen LogP contribution in [0.4, 0.5) is 5.69 Å². The van der Waals surface area contributed by atoms with Gasteiger partial charge in [-0.05, 0) is 48.6 Å². The third kappa shape index (κ3) is 4.28. The number of nitrogens with zero attached hydrogens (tertiary/aromatic N) is 1. The highest BCUT2D eigenvalue weighted by atomic mass is 16.3. The summed E-state index contributed by atoms with van der Waals surface area (Å²) in [6.07, 6.45) is 6.35. The number of amides is 1. The summed E-state index contributed by atoms with van der Waals surface area (Å²) in [7, 11) is 0. The van der Waals surface area contributed by atoms with Gasteiger partial charge < -0.3 is 10.4 Å². The molecule has 1 unspecified atom stereocenters. The van der Waals surface area contributed by atoms with Gasteiger partial charge in [0.25, 0.3) is 0 Å². The van der Waals surface area contributed by atoms with Crippen molar-refractivity contribution in [3.05, 3.63) is 28.7 Å². The number of rotatable bonds is 5. The van der Waals surface area contributed by atoms with E-state index in [1.54, 1.807) is 6.07 Å². The van der Waals surface area contributed by atoms with Gasteiger partial charge in [-0.25, -0.2) is 0 Å². The molecule has 2 N–H and O–H groups in total. The number of nitroso groups, excluding NO2 is 1. The molecule has 21 heavy (non-hydrogen) atoms. The number of phenolic OH excluding ortho intramolecular Hbond substituents is 1. The highest BCUT2D eigenvalue weighted by Gasteiger charge is 2.21. The summed E-state index contributed by atoms with van der Waals surface area (Å²) in [5.74, 6) is 0.343. The van der Waals surface area contributed by atoms with Crippen molar-refractivity contribution in [2.75, 3.05) is 0 Å². The molecule has 0 saturated heterocycles. The summed E-state index contributed by atoms with van der Waals surface area (Å²) in [5, 5.41) is 15.2. The van der Waals surface area contributed by atoms with Crippen LogP contribution in [-0.2, 0) is 11.2 Å². The molecule has 114 valence electrons. The standard InChI is InChI=1S/C16H22N2O3/c1-11(13-5-3-2-4-6-13)17-16(20)10-12-7-8-15(19)14(9-12)18-21/h7-9,11,13,19H,2-6,10H2,1H3,(H,17,20). The van der Waals surface area contributed by atoms with Gasteiger partial charge in [0.2, 0.25) is 5.91 Å². The predicted molar refractivity (Wildman–Crippen MR) is 81.4 cm³/mol. The smallest absolute Gasteiger partial charge is 0.224 e. The molecule has 1 saturated carbocycles. The van der Waals surface area contributed by atoms with Crippen LogP contribution < -0.4 is 5.32 Å². The molecule has 1 amide bonds. The lowest BCUT2D eigenvalue weighted by molar-refractivity contribution is -0.121. The van der Waals surface area contributed by atoms with Gasteiger partial charge in [0.1, 0.15) is 11.4 Å². The van der Waals surface area contributed by atoms with Gasteiger partial charge in [-0.1, -0.05) is 25.3 Å². The molecule has 1 aromatic carbocycles. The van der Waals surface area contributed by atoms with Crippen LogP contribution in [0.1, 0.15) is 44.6 Å². The van der Waals surface area contributed by atoms with Crippen LogP contribution in [0.25, 0.3) is 0 Å². The summed E-state index contributed by atoms with van der Waals surface area (Å²) in [4.78, 5) is 22.6. The maximum atomic E-state index is 12.1. The summed E-state index contributed by atoms with van der Waals surface area (Å²) >= 11 is 0. The Kier molecular flexibility index (Phi) is 5.31. The summed E-state index contributed by atoms with van der Waals surface area (Å²) < 4.78 is 0. The monoisotopic (exact) mass is 290 g/mol. The number of benzene rings is 1. The molecule has 0 bridgehead atoms. The van der Waals surface area contributed by atoms with Crippen LogP contribution in [0.3, 0.4) is 0 Å². The lowest BCUT2D eigenvalue weighted by Gasteiger charge is -2.28. The van der Waals surface area contributed by atoms with Crippen molar-refractivity contribution in [3.8, 4) is 5.75 Å². The first kappa shape index (κ1) is 15.5. The topological polar surface area (TPSA) is 78.8 Å². The van der Waals surface area contributed by atoms with Gasteiger partial charge >= 0.3 is 0 Å². The molecule has 1 aliphatic carbocycles. The Morgan fingerprint density at radius 1 is 1.38 bits per heavy atom. The molecule has 1 aliphatic rings. The van der Waals surface area contributed by atoms with Gasteiger partial charge in [0.05, 0.1) is 6.42 Å². The highest BCUT2D eigenvalue weighted by molar-refractivity contribution is 5.79. The van der Waals surface area contributed by atoms with E-state index in [2.05, 4.69) is 17.4 Å². The largest absolute Gasteiger partial charge is 0.506 e. The summed E-state index contributed by atoms with van der Waals surface area (Å²) in [6.45, 7) is 2.06. The fourth-order valence-electron chi connectivity index (χ4n) is 2.99. The van der Waals surface area contributed by atoms with Crippen LogP contribution in [0.2, 0.25) is 0 Å². The molecule has 1 fully saturated rings. The first-order valence-electron chi connectivity index (χ1n) is 7.54. The number of phenols is 1. The number of carbonyl (C=O) groups is 1. The molecule has 0 radical (unpaired) electrons. The van der Waals surface area contributed by atoms with Crippen molar-refractivity contribution in [3.63, 3.8) is 0 Å². The van der Waals surface area contributed by atoms with Crippen molar-refractivity contribution in [1.29, 1.82) is 0 Å². The third-order valence-corrected chi connectivity index (χ3v) is 4.25. The minimum absolute atomic E-state index is 0.0272. The highest BCUT2D eigenvalue weighted by Crippen LogP contribution is 2.28. The van der Waals surface area contributed by atoms with Crippen molar-refractivity contribution in [2.45, 2.75) is 51.5 Å². The Hall–Kier alpha value is -1.91. The molecule has 2 rings (SSSR count). The number of aromatic hydroxyl groups is 1. The van der Waals surface area contributed by atoms with Crippen molar-refractivity contribution in [2.24, 2.45) is 11.1 Å². The Labute approximate surface area is 124 Å². The second-order valence-electron chi connectivity index (χ2n) is 5.85. The summed E-state index contributed by atoms with van der Waals surface area (Å²) in [5.41, 5.74) is 0.649. The van der Waals surface area contributed by atoms with Gasteiger partial charge in [0.15, 0.2) is 0 Å². The maximum Gasteiger partial charge on any atom is 0.224 e. The molecular formula is C16H22N2O3. The zero-order valence-corrected chi connectivity index (χ0v) is 12.3. The van der Waals surface area contributed by atoms with Gasteiger partial charge in [-0.3, -0.25) is 4.79 Å². The predicted octanol–water partition coefficient (Wildman–Crippen LogP) is 3.42. The van der Waals surface area contributed by atoms with E-state index in [4.69, 9.17) is 0 Å². The van der Waals surface area contributed by atoms with E-state index in [1.165, 1.54) is 44.2 Å². The van der Waals surface area contributed by atoms with Crippen molar-refractivity contribution < 1.29 is 9.90 Å². The van der Waals surface area contributed by atoms with E-state index >= 15 is 0 Å². The average molecular weight is 290 g/mol. The van der Waals surface area contributed by atoms with Gasteiger partial charge in [0, 0.05) is 6.04 Å². The van der Waals surface area contributed by atoms with E-state index in [-0.39, 0.29) is 29.8 Å². The van der Waals surface area contributed by atoms with E-state index in [0.29, 0.717) is 11.5 Å². The number of nitrogens with one attached hydrogen (secondary N) is 1. The van der Waals surface area contributed by atoms with Gasteiger partial charge in [-0.2, -0.15) is 0 Å². The lowest BCUT2D eigenvalue weighted by Crippen LogP contribution is -2.39. The number of carbonyl (C=O) groups excluding carboxylic acids is 1. The van der Waals surface area contributed by atoms with Crippen molar-refractivity contribution in [1.82, 2.24) is 5.32 Å². The number of hydrogen-bond donors (Lipinski definition) is 2. The molecule has 0 aromatic heterocycles. The zero-order valence-electron chi connectivity index (χ0n) is 12.3. The minimum Gasteiger partial charge on any atom is -0.506 e. The van der Waals surface area contributed by atoms with Crippen LogP contribution in [0, 0.1) is 10.8 Å². The Bertz CT molecular complexity index is 510. The normalized spacial score (nSPS) is 17.2. The molecule has 5 heteroatoms. The van der Waals surface area contributed by atoms with E-state index in [0.717, 1.165) is 0 Å². The third-order valence-electron chi connectivity index (χ3n) is 4.25. The van der Waals surface area contributed by atoms with Crippen LogP contribution in [0.15, 0.2) is 23.4 Å². The fourth-order valence-corrected chi connectivity index (χ4v) is 2.99. The average Bonchev–Trinajstić information content (AvgIpc) is 2.50. The van der Waals surface area contributed by atoms with Crippen LogP contribution >= 0.6 is 0 Å². The first-order chi connectivity index (χ1) is 10.1. The maximum absolute atomic E-state index is 12.1. The van der Waals surface area contributed by atoms with Crippen LogP contribution in [-0.4, -0.2) is 17.1 Å². The first-order valence-corrected chi connectivity index (χ1v) is 7.54. The molecule has 0 aliphatic heterocycles. The van der Waals surface area contributed by atoms with E-state index < -0.39 is 0 Å². The zero-order chi connectivity index (χ0) is 15.2. The molecule has 0 spiro atoms. The Morgan fingerprint density at radius 2 is 2.10 bits per heavy atom. The van der Waals surface area contributed by atoms with E-state index in [1.807, 2.05) is 0 Å². The SMILES string of the molecule is CC(NC(=O)Cc1ccc(O)c(N=O)c1)C1CCCCC1. The quantitative estimate of drug-likeness (QED) is 0.815. The Morgan fingerprint density at radius 3 is 2.76 bits per heavy atom. The fraction of sp³-hybridized carbons (Fsp3) is 0.562. The summed E-state index contributed by atoms with van der Waals surface area (Å²) in [6, 6.07) is 4.66. The molecule has 0 heterocycles. The lowest BCUT2D eigenvalue weighted by atomic mass is 9.84. The van der Waals surface area contributed by atoms with Crippen LogP contribution in [0.5, 0.6) is 5.75 Å². The second-order valence-corrected chi connectivity index (χ2v) is 5.85. The minimum atomic E-state index is -0.162. The molecule has 1 atom stereocenters.